The molecule has 0 aliphatic heterocycles. The summed E-state index contributed by atoms with van der Waals surface area (Å²) >= 11 is 0. The molecule has 184 valence electrons. The first kappa shape index (κ1) is 23.8. The lowest BCUT2D eigenvalue weighted by Crippen LogP contribution is -2.01. The molecule has 0 amide bonds. The van der Waals surface area contributed by atoms with E-state index in [1.54, 1.807) is 6.07 Å². The zero-order chi connectivity index (χ0) is 25.1. The Morgan fingerprint density at radius 1 is 1.06 bits per heavy atom. The summed E-state index contributed by atoms with van der Waals surface area (Å²) in [6.07, 6.45) is 8.56. The van der Waals surface area contributed by atoms with Crippen molar-refractivity contribution in [3.8, 4) is 17.2 Å². The van der Waals surface area contributed by atoms with Crippen LogP contribution in [0, 0.1) is 23.0 Å². The SMILES string of the molecule is Cc1cc([N+](=O)[O-])c2c(c1Oc1ccc(OCc3ccccc3)c(C=CC3CCC(=O)C3)c1)CCC2. The average molecular weight is 484 g/mol. The van der Waals surface area contributed by atoms with E-state index < -0.39 is 0 Å². The molecule has 6 nitrogen and oxygen atoms in total. The standard InChI is InChI=1S/C30H29NO5/c1-20-16-28(31(33)34)26-8-5-9-27(26)30(20)36-25-14-15-29(35-19-22-6-3-2-4-7-22)23(18-25)12-10-21-11-13-24(32)17-21/h2-4,6-7,10,12,14-16,18,21H,5,8-9,11,13,17,19H2,1H3. The van der Waals surface area contributed by atoms with E-state index in [1.807, 2.05) is 61.5 Å². The van der Waals surface area contributed by atoms with Crippen molar-refractivity contribution in [2.45, 2.75) is 52.1 Å². The number of ketones is 1. The molecule has 3 aromatic rings. The quantitative estimate of drug-likeness (QED) is 0.251. The Morgan fingerprint density at radius 3 is 2.61 bits per heavy atom. The van der Waals surface area contributed by atoms with Crippen molar-refractivity contribution in [3.05, 3.63) is 98.6 Å². The van der Waals surface area contributed by atoms with Gasteiger partial charge in [0.2, 0.25) is 0 Å². The number of nitro groups is 1. The normalized spacial score (nSPS) is 16.9. The van der Waals surface area contributed by atoms with Gasteiger partial charge in [0.05, 0.1) is 4.92 Å². The van der Waals surface area contributed by atoms with E-state index in [2.05, 4.69) is 6.08 Å². The number of fused-ring (bicyclic) bond motifs is 1. The van der Waals surface area contributed by atoms with E-state index in [-0.39, 0.29) is 16.5 Å². The van der Waals surface area contributed by atoms with E-state index in [4.69, 9.17) is 9.47 Å². The predicted octanol–water partition coefficient (Wildman–Crippen LogP) is 7.15. The van der Waals surface area contributed by atoms with Gasteiger partial charge >= 0.3 is 0 Å². The highest BCUT2D eigenvalue weighted by molar-refractivity contribution is 5.81. The highest BCUT2D eigenvalue weighted by atomic mass is 16.6. The molecule has 0 radical (unpaired) electrons. The molecule has 1 saturated carbocycles. The lowest BCUT2D eigenvalue weighted by atomic mass is 10.0. The van der Waals surface area contributed by atoms with Gasteiger partial charge in [0.15, 0.2) is 0 Å². The Kier molecular flexibility index (Phi) is 6.85. The molecule has 2 aliphatic carbocycles. The van der Waals surface area contributed by atoms with Crippen molar-refractivity contribution in [2.24, 2.45) is 5.92 Å². The average Bonchev–Trinajstić information content (AvgIpc) is 3.53. The number of hydrogen-bond donors (Lipinski definition) is 0. The van der Waals surface area contributed by atoms with E-state index in [0.717, 1.165) is 52.8 Å². The van der Waals surface area contributed by atoms with E-state index >= 15 is 0 Å². The number of rotatable bonds is 8. The third-order valence-electron chi connectivity index (χ3n) is 6.98. The predicted molar refractivity (Wildman–Crippen MR) is 139 cm³/mol. The smallest absolute Gasteiger partial charge is 0.273 e. The molecule has 2 aliphatic rings. The van der Waals surface area contributed by atoms with E-state index in [1.165, 1.54) is 0 Å². The van der Waals surface area contributed by atoms with Gasteiger partial charge in [-0.25, -0.2) is 0 Å². The molecule has 5 rings (SSSR count). The topological polar surface area (TPSA) is 78.7 Å². The van der Waals surface area contributed by atoms with Crippen LogP contribution < -0.4 is 9.47 Å². The molecular weight excluding hydrogens is 454 g/mol. The number of benzene rings is 3. The minimum atomic E-state index is -0.295. The summed E-state index contributed by atoms with van der Waals surface area (Å²) in [7, 11) is 0. The fourth-order valence-electron chi connectivity index (χ4n) is 5.13. The molecule has 0 bridgehead atoms. The Balaban J connectivity index is 1.44. The molecule has 0 N–H and O–H groups in total. The second kappa shape index (κ2) is 10.4. The first-order valence-corrected chi connectivity index (χ1v) is 12.5. The summed E-state index contributed by atoms with van der Waals surface area (Å²) in [5.41, 5.74) is 4.62. The summed E-state index contributed by atoms with van der Waals surface area (Å²) < 4.78 is 12.5. The fourth-order valence-corrected chi connectivity index (χ4v) is 5.13. The summed E-state index contributed by atoms with van der Waals surface area (Å²) in [6.45, 7) is 2.30. The fraction of sp³-hybridized carbons (Fsp3) is 0.300. The van der Waals surface area contributed by atoms with Crippen molar-refractivity contribution < 1.29 is 19.2 Å². The van der Waals surface area contributed by atoms with Gasteiger partial charge in [-0.05, 0) is 67.9 Å². The van der Waals surface area contributed by atoms with Gasteiger partial charge < -0.3 is 9.47 Å². The first-order chi connectivity index (χ1) is 17.5. The van der Waals surface area contributed by atoms with Crippen LogP contribution in [0.25, 0.3) is 6.08 Å². The number of carbonyl (C=O) groups is 1. The molecule has 0 saturated heterocycles. The Bertz CT molecular complexity index is 1330. The van der Waals surface area contributed by atoms with Gasteiger partial charge in [-0.2, -0.15) is 0 Å². The van der Waals surface area contributed by atoms with Crippen molar-refractivity contribution in [2.75, 3.05) is 0 Å². The van der Waals surface area contributed by atoms with Crippen LogP contribution in [0.1, 0.15) is 53.5 Å². The van der Waals surface area contributed by atoms with Crippen LogP contribution in [-0.4, -0.2) is 10.7 Å². The monoisotopic (exact) mass is 483 g/mol. The Labute approximate surface area is 210 Å². The molecule has 1 atom stereocenters. The van der Waals surface area contributed by atoms with Gasteiger partial charge in [-0.3, -0.25) is 14.9 Å². The zero-order valence-corrected chi connectivity index (χ0v) is 20.4. The maximum Gasteiger partial charge on any atom is 0.273 e. The first-order valence-electron chi connectivity index (χ1n) is 12.5. The van der Waals surface area contributed by atoms with Crippen LogP contribution >= 0.6 is 0 Å². The van der Waals surface area contributed by atoms with Crippen LogP contribution in [0.2, 0.25) is 0 Å². The van der Waals surface area contributed by atoms with Crippen LogP contribution in [0.4, 0.5) is 5.69 Å². The molecule has 1 fully saturated rings. The van der Waals surface area contributed by atoms with Gasteiger partial charge in [0.1, 0.15) is 29.6 Å². The van der Waals surface area contributed by atoms with Crippen molar-refractivity contribution in [1.29, 1.82) is 0 Å². The lowest BCUT2D eigenvalue weighted by Gasteiger charge is -2.16. The molecule has 36 heavy (non-hydrogen) atoms. The van der Waals surface area contributed by atoms with Crippen LogP contribution in [0.5, 0.6) is 17.2 Å². The lowest BCUT2D eigenvalue weighted by molar-refractivity contribution is -0.385. The van der Waals surface area contributed by atoms with E-state index in [0.29, 0.717) is 43.2 Å². The molecular formula is C30H29NO5. The Hall–Kier alpha value is -3.93. The highest BCUT2D eigenvalue weighted by Gasteiger charge is 2.28. The van der Waals surface area contributed by atoms with E-state index in [9.17, 15) is 14.9 Å². The highest BCUT2D eigenvalue weighted by Crippen LogP contribution is 2.42. The van der Waals surface area contributed by atoms with Crippen LogP contribution in [0.15, 0.2) is 60.7 Å². The maximum atomic E-state index is 11.7. The van der Waals surface area contributed by atoms with Crippen molar-refractivity contribution in [1.82, 2.24) is 0 Å². The number of nitro benzene ring substituents is 1. The second-order valence-electron chi connectivity index (χ2n) is 9.59. The molecule has 0 aromatic heterocycles. The third kappa shape index (κ3) is 5.18. The number of nitrogens with zero attached hydrogens (tertiary/aromatic N) is 1. The van der Waals surface area contributed by atoms with Crippen molar-refractivity contribution >= 4 is 17.5 Å². The van der Waals surface area contributed by atoms with Gasteiger partial charge in [-0.15, -0.1) is 0 Å². The number of carbonyl (C=O) groups excluding carboxylic acids is 1. The summed E-state index contributed by atoms with van der Waals surface area (Å²) in [5, 5.41) is 11.6. The number of Topliss-reactive ketones (excluding diaryl/α,β-unsaturated/α-hetero) is 1. The molecule has 0 spiro atoms. The van der Waals surface area contributed by atoms with Crippen LogP contribution in [0.3, 0.4) is 0 Å². The number of ether oxygens (including phenoxy) is 2. The van der Waals surface area contributed by atoms with Crippen molar-refractivity contribution in [3.63, 3.8) is 0 Å². The van der Waals surface area contributed by atoms with Crippen LogP contribution in [-0.2, 0) is 24.2 Å². The summed E-state index contributed by atoms with van der Waals surface area (Å²) in [4.78, 5) is 23.0. The van der Waals surface area contributed by atoms with Gasteiger partial charge in [0.25, 0.3) is 5.69 Å². The second-order valence-corrected chi connectivity index (χ2v) is 9.59. The summed E-state index contributed by atoms with van der Waals surface area (Å²) in [5.74, 6) is 2.64. The third-order valence-corrected chi connectivity index (χ3v) is 6.98. The minimum absolute atomic E-state index is 0.187. The molecule has 6 heteroatoms. The summed E-state index contributed by atoms with van der Waals surface area (Å²) in [6, 6.07) is 17.3. The van der Waals surface area contributed by atoms with Gasteiger partial charge in [0, 0.05) is 35.6 Å². The number of hydrogen-bond acceptors (Lipinski definition) is 5. The Morgan fingerprint density at radius 2 is 1.86 bits per heavy atom. The number of aryl methyl sites for hydroxylation is 1. The minimum Gasteiger partial charge on any atom is -0.488 e. The zero-order valence-electron chi connectivity index (χ0n) is 20.4. The molecule has 3 aromatic carbocycles. The van der Waals surface area contributed by atoms with Gasteiger partial charge in [-0.1, -0.05) is 42.5 Å². The number of allylic oxidation sites excluding steroid dienone is 1. The molecule has 0 heterocycles. The largest absolute Gasteiger partial charge is 0.488 e. The molecule has 1 unspecified atom stereocenters. The maximum absolute atomic E-state index is 11.7.